The smallest absolute Gasteiger partial charge is 0.280 e. The number of β-amino-alcohol motifs (C(OH)–C–C–N with tert-alkyl or cyclic N) is 1. The van der Waals surface area contributed by atoms with Crippen LogP contribution in [-0.2, 0) is 29.1 Å². The Kier molecular flexibility index (Phi) is 14.1. The fourth-order valence-electron chi connectivity index (χ4n) is 8.46. The van der Waals surface area contributed by atoms with Crippen molar-refractivity contribution in [1.29, 1.82) is 0 Å². The number of rotatable bonds is 16. The lowest BCUT2D eigenvalue weighted by Crippen LogP contribution is -2.40. The van der Waals surface area contributed by atoms with Gasteiger partial charge < -0.3 is 25.5 Å². The molecule has 1 aromatic carbocycles. The molecule has 4 amide bonds. The number of amides is 4. The van der Waals surface area contributed by atoms with Crippen molar-refractivity contribution in [1.82, 2.24) is 45.0 Å². The first-order valence-electron chi connectivity index (χ1n) is 21.5. The first kappa shape index (κ1) is 43.2. The fourth-order valence-corrected chi connectivity index (χ4v) is 9.84. The minimum atomic E-state index is -0.499. The predicted octanol–water partition coefficient (Wildman–Crippen LogP) is 4.72. The van der Waals surface area contributed by atoms with E-state index in [1.807, 2.05) is 42.6 Å². The van der Waals surface area contributed by atoms with E-state index < -0.39 is 6.10 Å². The Morgan fingerprint density at radius 1 is 0.952 bits per heavy atom. The molecule has 0 radical (unpaired) electrons. The van der Waals surface area contributed by atoms with E-state index in [2.05, 4.69) is 53.2 Å². The second-order valence-electron chi connectivity index (χ2n) is 16.1. The number of aliphatic hydroxyl groups excluding tert-OH is 1. The molecule has 62 heavy (non-hydrogen) atoms. The highest BCUT2D eigenvalue weighted by molar-refractivity contribution is 7.97. The molecule has 2 aliphatic heterocycles. The molecular weight excluding hydrogens is 827 g/mol. The van der Waals surface area contributed by atoms with Gasteiger partial charge in [0.15, 0.2) is 5.13 Å². The summed E-state index contributed by atoms with van der Waals surface area (Å²) in [6, 6.07) is 13.4. The fraction of sp³-hybridized carbons (Fsp3) is 0.455. The van der Waals surface area contributed by atoms with Crippen LogP contribution >= 0.6 is 23.3 Å². The number of hydrogen-bond donors (Lipinski definition) is 5. The van der Waals surface area contributed by atoms with Gasteiger partial charge in [0.2, 0.25) is 11.8 Å². The highest BCUT2D eigenvalue weighted by Crippen LogP contribution is 2.33. The molecule has 1 unspecified atom stereocenters. The van der Waals surface area contributed by atoms with Gasteiger partial charge in [0, 0.05) is 86.6 Å². The van der Waals surface area contributed by atoms with Crippen LogP contribution < -0.4 is 25.6 Å². The molecule has 326 valence electrons. The molecule has 1 saturated heterocycles. The zero-order chi connectivity index (χ0) is 43.0. The van der Waals surface area contributed by atoms with E-state index in [4.69, 9.17) is 10.1 Å². The number of anilines is 2. The third-order valence-corrected chi connectivity index (χ3v) is 13.5. The number of hydrogen-bond acceptors (Lipinski definition) is 13. The van der Waals surface area contributed by atoms with Crippen molar-refractivity contribution in [3.63, 3.8) is 0 Å². The van der Waals surface area contributed by atoms with E-state index in [0.29, 0.717) is 91.6 Å². The molecular formula is C44H53N11O5S2. The Labute approximate surface area is 368 Å². The lowest BCUT2D eigenvalue weighted by molar-refractivity contribution is -0.132. The third kappa shape index (κ3) is 10.4. The van der Waals surface area contributed by atoms with E-state index in [1.54, 1.807) is 11.1 Å². The summed E-state index contributed by atoms with van der Waals surface area (Å²) in [7, 11) is 0. The van der Waals surface area contributed by atoms with Gasteiger partial charge in [0.05, 0.1) is 18.8 Å². The Hall–Kier alpha value is -5.43. The number of aromatic nitrogens is 5. The molecule has 18 heteroatoms. The maximum Gasteiger partial charge on any atom is 0.280 e. The van der Waals surface area contributed by atoms with Crippen LogP contribution in [0.2, 0.25) is 0 Å². The number of carbonyl (C=O) groups excluding carboxylic acids is 4. The maximum absolute atomic E-state index is 14.1. The SMILES string of the molecule is Cc1c(-c2ccc(N3CCc4cccc(C(=O)Nc5nc6cccnc6s5)c4C3)nc2C(=O)NSCCNCCC(=O)NCC(=O)N2CCC(O)C2)cnn1CC1CCCCC1. The van der Waals surface area contributed by atoms with Crippen LogP contribution in [0.25, 0.3) is 21.5 Å². The van der Waals surface area contributed by atoms with Crippen LogP contribution in [0.5, 0.6) is 0 Å². The molecule has 5 N–H and O–H groups in total. The van der Waals surface area contributed by atoms with Crippen LogP contribution in [0.1, 0.15) is 82.6 Å². The Balaban J connectivity index is 0.924. The average molecular weight is 880 g/mol. The van der Waals surface area contributed by atoms with E-state index >= 15 is 0 Å². The van der Waals surface area contributed by atoms with Crippen molar-refractivity contribution >= 4 is 68.2 Å². The number of nitrogens with zero attached hydrogens (tertiary/aromatic N) is 7. The maximum atomic E-state index is 14.1. The summed E-state index contributed by atoms with van der Waals surface area (Å²) in [5, 5.41) is 23.8. The van der Waals surface area contributed by atoms with Gasteiger partial charge in [-0.15, -0.1) is 0 Å². The molecule has 1 atom stereocenters. The second kappa shape index (κ2) is 20.2. The lowest BCUT2D eigenvalue weighted by Gasteiger charge is -2.31. The highest BCUT2D eigenvalue weighted by Gasteiger charge is 2.27. The molecule has 5 aromatic rings. The summed E-state index contributed by atoms with van der Waals surface area (Å²) in [5.41, 5.74) is 6.14. The molecule has 8 rings (SSSR count). The molecule has 4 aromatic heterocycles. The molecule has 1 saturated carbocycles. The minimum Gasteiger partial charge on any atom is -0.391 e. The van der Waals surface area contributed by atoms with Crippen molar-refractivity contribution in [2.45, 2.75) is 77.5 Å². The number of nitrogens with one attached hydrogen (secondary N) is 4. The number of benzene rings is 1. The van der Waals surface area contributed by atoms with Crippen molar-refractivity contribution in [3.8, 4) is 11.1 Å². The normalized spacial score (nSPS) is 16.6. The lowest BCUT2D eigenvalue weighted by atomic mass is 9.89. The average Bonchev–Trinajstić information content (AvgIpc) is 4.02. The van der Waals surface area contributed by atoms with E-state index in [9.17, 15) is 24.3 Å². The Morgan fingerprint density at radius 3 is 2.65 bits per heavy atom. The topological polar surface area (TPSA) is 200 Å². The van der Waals surface area contributed by atoms with Crippen molar-refractivity contribution < 1.29 is 24.3 Å². The quantitative estimate of drug-likeness (QED) is 0.0677. The van der Waals surface area contributed by atoms with Crippen molar-refractivity contribution in [3.05, 3.63) is 82.9 Å². The number of thiazole rings is 1. The predicted molar refractivity (Wildman–Crippen MR) is 241 cm³/mol. The van der Waals surface area contributed by atoms with Gasteiger partial charge in [-0.3, -0.25) is 33.9 Å². The summed E-state index contributed by atoms with van der Waals surface area (Å²) in [6.45, 7) is 5.67. The van der Waals surface area contributed by atoms with Gasteiger partial charge in [0.1, 0.15) is 21.9 Å². The van der Waals surface area contributed by atoms with Crippen LogP contribution in [-0.4, -0.2) is 109 Å². The molecule has 6 heterocycles. The van der Waals surface area contributed by atoms with E-state index in [0.717, 1.165) is 39.3 Å². The molecule has 2 fully saturated rings. The van der Waals surface area contributed by atoms with Gasteiger partial charge >= 0.3 is 0 Å². The number of pyridine rings is 2. The van der Waals surface area contributed by atoms with Crippen LogP contribution in [0.3, 0.4) is 0 Å². The summed E-state index contributed by atoms with van der Waals surface area (Å²) < 4.78 is 5.06. The van der Waals surface area contributed by atoms with Gasteiger partial charge in [-0.25, -0.2) is 15.0 Å². The number of carbonyl (C=O) groups is 4. The monoisotopic (exact) mass is 879 g/mol. The Morgan fingerprint density at radius 2 is 1.82 bits per heavy atom. The first-order valence-corrected chi connectivity index (χ1v) is 23.3. The summed E-state index contributed by atoms with van der Waals surface area (Å²) in [6.07, 6.45) is 10.7. The molecule has 0 spiro atoms. The largest absolute Gasteiger partial charge is 0.391 e. The summed E-state index contributed by atoms with van der Waals surface area (Å²) >= 11 is 2.59. The van der Waals surface area contributed by atoms with E-state index in [1.165, 1.54) is 55.4 Å². The van der Waals surface area contributed by atoms with Crippen LogP contribution in [0.4, 0.5) is 10.9 Å². The summed E-state index contributed by atoms with van der Waals surface area (Å²) in [4.78, 5) is 70.7. The number of fused-ring (bicyclic) bond motifs is 2. The molecule has 1 aliphatic carbocycles. The second-order valence-corrected chi connectivity index (χ2v) is 18.0. The zero-order valence-electron chi connectivity index (χ0n) is 34.9. The summed E-state index contributed by atoms with van der Waals surface area (Å²) in [5.74, 6) is 0.756. The van der Waals surface area contributed by atoms with Gasteiger partial charge in [-0.1, -0.05) is 42.7 Å². The molecule has 3 aliphatic rings. The highest BCUT2D eigenvalue weighted by atomic mass is 32.2. The number of likely N-dealkylation sites (tertiary alicyclic amines) is 1. The van der Waals surface area contributed by atoms with Crippen molar-refractivity contribution in [2.75, 3.05) is 55.2 Å². The van der Waals surface area contributed by atoms with Gasteiger partial charge in [0.25, 0.3) is 11.8 Å². The van der Waals surface area contributed by atoms with Crippen LogP contribution in [0, 0.1) is 12.8 Å². The number of aliphatic hydroxyl groups is 1. The van der Waals surface area contributed by atoms with Gasteiger partial charge in [-0.05, 0) is 91.9 Å². The molecule has 16 nitrogen and oxygen atoms in total. The standard InChI is InChI=1S/C44H53N11O5S2/c1-28-34(23-48-55(28)25-29-7-3-2-4-8-29)32-12-13-37(50-40(32)42(60)52-61-22-19-45-18-14-38(57)47-24-39(58)54-21-16-31(56)26-54)53-20-15-30-9-5-10-33(35(30)27-53)41(59)51-44-49-36-11-6-17-46-43(36)62-44/h5-6,9-13,17,23,29,31,45,56H,2-4,7-8,14-16,18-22,24-27H2,1H3,(H,47,57)(H,52,60)(H,49,51,59). The van der Waals surface area contributed by atoms with E-state index in [-0.39, 0.29) is 36.6 Å². The molecule has 0 bridgehead atoms. The third-order valence-electron chi connectivity index (χ3n) is 11.9. The first-order chi connectivity index (χ1) is 30.2. The van der Waals surface area contributed by atoms with Gasteiger partial charge in [-0.2, -0.15) is 5.10 Å². The Bertz CT molecular complexity index is 2380. The zero-order valence-corrected chi connectivity index (χ0v) is 36.5. The van der Waals surface area contributed by atoms with Crippen molar-refractivity contribution in [2.24, 2.45) is 5.92 Å². The minimum absolute atomic E-state index is 0.0845. The van der Waals surface area contributed by atoms with Crippen LogP contribution in [0.15, 0.2) is 54.9 Å².